The highest BCUT2D eigenvalue weighted by Gasteiger charge is 2.24. The van der Waals surface area contributed by atoms with Crippen molar-refractivity contribution < 1.29 is 9.90 Å². The second-order valence-electron chi connectivity index (χ2n) is 6.02. The van der Waals surface area contributed by atoms with Crippen molar-refractivity contribution in [2.24, 2.45) is 0 Å². The number of ketones is 1. The van der Waals surface area contributed by atoms with Crippen LogP contribution in [0.2, 0.25) is 0 Å². The quantitative estimate of drug-likeness (QED) is 0.648. The molecule has 0 aliphatic heterocycles. The van der Waals surface area contributed by atoms with Crippen molar-refractivity contribution in [3.8, 4) is 11.9 Å². The molecule has 2 aromatic carbocycles. The average Bonchev–Trinajstić information content (AvgIpc) is 2.67. The second kappa shape index (κ2) is 7.60. The van der Waals surface area contributed by atoms with Crippen molar-refractivity contribution in [2.75, 3.05) is 0 Å². The lowest BCUT2D eigenvalue weighted by Gasteiger charge is -2.15. The minimum absolute atomic E-state index is 0.0376. The molecule has 3 rings (SSSR count). The van der Waals surface area contributed by atoms with Gasteiger partial charge < -0.3 is 5.11 Å². The molecular formula is C21H15BrN2O3. The summed E-state index contributed by atoms with van der Waals surface area (Å²) in [7, 11) is 0. The Balaban J connectivity index is 2.21. The fraction of sp³-hybridized carbons (Fsp3) is 0.0952. The third-order valence-electron chi connectivity index (χ3n) is 4.32. The molecule has 0 amide bonds. The number of pyridine rings is 1. The lowest BCUT2D eigenvalue weighted by Crippen LogP contribution is -2.27. The van der Waals surface area contributed by atoms with Crippen LogP contribution in [0.15, 0.2) is 63.9 Å². The Morgan fingerprint density at radius 3 is 2.37 bits per heavy atom. The number of aromatic nitrogens is 1. The van der Waals surface area contributed by atoms with Crippen LogP contribution in [0.3, 0.4) is 0 Å². The molecule has 0 aliphatic carbocycles. The highest BCUT2D eigenvalue weighted by Crippen LogP contribution is 2.26. The molecule has 0 spiro atoms. The lowest BCUT2D eigenvalue weighted by molar-refractivity contribution is 0.103. The van der Waals surface area contributed by atoms with Gasteiger partial charge in [0.25, 0.3) is 5.56 Å². The topological polar surface area (TPSA) is 83.1 Å². The fourth-order valence-electron chi connectivity index (χ4n) is 2.88. The first-order valence-electron chi connectivity index (χ1n) is 8.14. The molecule has 0 saturated carbocycles. The Labute approximate surface area is 164 Å². The van der Waals surface area contributed by atoms with Crippen LogP contribution in [0.4, 0.5) is 0 Å². The van der Waals surface area contributed by atoms with E-state index in [0.717, 1.165) is 14.6 Å². The first-order valence-corrected chi connectivity index (χ1v) is 8.94. The summed E-state index contributed by atoms with van der Waals surface area (Å²) in [6.07, 6.45) is 0. The number of nitriles is 1. The zero-order valence-corrected chi connectivity index (χ0v) is 16.0. The number of rotatable bonds is 4. The van der Waals surface area contributed by atoms with Crippen molar-refractivity contribution >= 4 is 21.7 Å². The van der Waals surface area contributed by atoms with E-state index in [9.17, 15) is 20.0 Å². The van der Waals surface area contributed by atoms with Crippen LogP contribution in [-0.2, 0) is 6.54 Å². The molecule has 1 aromatic heterocycles. The number of aromatic hydroxyl groups is 1. The lowest BCUT2D eigenvalue weighted by atomic mass is 9.97. The van der Waals surface area contributed by atoms with Crippen molar-refractivity contribution in [3.63, 3.8) is 0 Å². The summed E-state index contributed by atoms with van der Waals surface area (Å²) in [5.41, 5.74) is 0.490. The summed E-state index contributed by atoms with van der Waals surface area (Å²) in [5.74, 6) is -0.885. The molecule has 1 heterocycles. The van der Waals surface area contributed by atoms with E-state index in [0.29, 0.717) is 5.56 Å². The largest absolute Gasteiger partial charge is 0.494 e. The van der Waals surface area contributed by atoms with Crippen LogP contribution in [0.25, 0.3) is 0 Å². The van der Waals surface area contributed by atoms with Gasteiger partial charge in [0.2, 0.25) is 5.88 Å². The zero-order chi connectivity index (χ0) is 19.6. The Bertz CT molecular complexity index is 1110. The average molecular weight is 423 g/mol. The van der Waals surface area contributed by atoms with E-state index in [2.05, 4.69) is 15.9 Å². The van der Waals surface area contributed by atoms with Crippen LogP contribution in [-0.4, -0.2) is 15.5 Å². The number of halogens is 1. The van der Waals surface area contributed by atoms with Crippen LogP contribution in [0.1, 0.15) is 32.6 Å². The normalized spacial score (nSPS) is 10.4. The van der Waals surface area contributed by atoms with E-state index in [-0.39, 0.29) is 23.2 Å². The second-order valence-corrected chi connectivity index (χ2v) is 6.94. The van der Waals surface area contributed by atoms with Gasteiger partial charge in [-0.1, -0.05) is 46.3 Å². The van der Waals surface area contributed by atoms with Crippen LogP contribution < -0.4 is 5.56 Å². The molecule has 0 bridgehead atoms. The molecule has 0 fully saturated rings. The molecule has 0 aliphatic rings. The molecular weight excluding hydrogens is 408 g/mol. The predicted octanol–water partition coefficient (Wildman–Crippen LogP) is 3.78. The molecule has 3 aromatic rings. The maximum Gasteiger partial charge on any atom is 0.271 e. The summed E-state index contributed by atoms with van der Waals surface area (Å²) in [4.78, 5) is 25.6. The summed E-state index contributed by atoms with van der Waals surface area (Å²) in [6, 6.07) is 17.6. The van der Waals surface area contributed by atoms with Gasteiger partial charge in [0, 0.05) is 10.0 Å². The highest BCUT2D eigenvalue weighted by atomic mass is 79.9. The van der Waals surface area contributed by atoms with E-state index in [1.54, 1.807) is 36.4 Å². The number of carbonyl (C=O) groups excluding carboxylic acids is 1. The smallest absolute Gasteiger partial charge is 0.271 e. The van der Waals surface area contributed by atoms with Gasteiger partial charge in [-0.05, 0) is 42.3 Å². The van der Waals surface area contributed by atoms with Crippen LogP contribution in [0.5, 0.6) is 5.88 Å². The van der Waals surface area contributed by atoms with Crippen molar-refractivity contribution in [1.29, 1.82) is 5.26 Å². The number of carbonyl (C=O) groups is 1. The van der Waals surface area contributed by atoms with Gasteiger partial charge in [-0.3, -0.25) is 14.2 Å². The first-order chi connectivity index (χ1) is 12.9. The van der Waals surface area contributed by atoms with Gasteiger partial charge in [-0.25, -0.2) is 0 Å². The van der Waals surface area contributed by atoms with Crippen molar-refractivity contribution in [3.05, 3.63) is 97.2 Å². The SMILES string of the molecule is Cc1c(C(=O)c2ccc(Br)cc2)c(O)n(Cc2ccccc2)c(=O)c1C#N. The predicted molar refractivity (Wildman–Crippen MR) is 105 cm³/mol. The van der Waals surface area contributed by atoms with Gasteiger partial charge in [-0.15, -0.1) is 0 Å². The molecule has 27 heavy (non-hydrogen) atoms. The Morgan fingerprint density at radius 2 is 1.78 bits per heavy atom. The fourth-order valence-corrected chi connectivity index (χ4v) is 3.15. The highest BCUT2D eigenvalue weighted by molar-refractivity contribution is 9.10. The minimum Gasteiger partial charge on any atom is -0.494 e. The van der Waals surface area contributed by atoms with Crippen LogP contribution in [0, 0.1) is 18.3 Å². The monoisotopic (exact) mass is 422 g/mol. The maximum atomic E-state index is 13.0. The van der Waals surface area contributed by atoms with Crippen LogP contribution >= 0.6 is 15.9 Å². The summed E-state index contributed by atoms with van der Waals surface area (Å²) in [6.45, 7) is 1.56. The molecule has 1 N–H and O–H groups in total. The van der Waals surface area contributed by atoms with E-state index < -0.39 is 17.2 Å². The molecule has 0 radical (unpaired) electrons. The summed E-state index contributed by atoms with van der Waals surface area (Å²) >= 11 is 3.31. The van der Waals surface area contributed by atoms with E-state index >= 15 is 0 Å². The van der Waals surface area contributed by atoms with Gasteiger partial charge in [-0.2, -0.15) is 5.26 Å². The molecule has 0 saturated heterocycles. The molecule has 6 heteroatoms. The van der Waals surface area contributed by atoms with E-state index in [4.69, 9.17) is 0 Å². The summed E-state index contributed by atoms with van der Waals surface area (Å²) < 4.78 is 1.87. The van der Waals surface area contributed by atoms with Gasteiger partial charge in [0.1, 0.15) is 11.6 Å². The summed E-state index contributed by atoms with van der Waals surface area (Å²) in [5, 5.41) is 20.2. The molecule has 0 atom stereocenters. The van der Waals surface area contributed by atoms with E-state index in [1.807, 2.05) is 24.3 Å². The Hall–Kier alpha value is -3.17. The first kappa shape index (κ1) is 18.6. The number of benzene rings is 2. The number of hydrogen-bond acceptors (Lipinski definition) is 4. The number of nitrogens with zero attached hydrogens (tertiary/aromatic N) is 2. The Kier molecular flexibility index (Phi) is 5.24. The van der Waals surface area contributed by atoms with Gasteiger partial charge in [0.05, 0.1) is 12.1 Å². The maximum absolute atomic E-state index is 13.0. The van der Waals surface area contributed by atoms with E-state index in [1.165, 1.54) is 6.92 Å². The van der Waals surface area contributed by atoms with Crippen molar-refractivity contribution in [1.82, 2.24) is 4.57 Å². The molecule has 5 nitrogen and oxygen atoms in total. The van der Waals surface area contributed by atoms with Gasteiger partial charge >= 0.3 is 0 Å². The molecule has 0 unspecified atom stereocenters. The number of hydrogen-bond donors (Lipinski definition) is 1. The zero-order valence-electron chi connectivity index (χ0n) is 14.4. The standard InChI is InChI=1S/C21H15BrN2O3/c1-13-17(11-23)20(26)24(12-14-5-3-2-4-6-14)21(27)18(13)19(25)15-7-9-16(22)10-8-15/h2-10,27H,12H2,1H3. The Morgan fingerprint density at radius 1 is 1.15 bits per heavy atom. The third kappa shape index (κ3) is 3.55. The van der Waals surface area contributed by atoms with Crippen molar-refractivity contribution in [2.45, 2.75) is 13.5 Å². The molecule has 134 valence electrons. The third-order valence-corrected chi connectivity index (χ3v) is 4.85. The minimum atomic E-state index is -0.622. The van der Waals surface area contributed by atoms with Gasteiger partial charge in [0.15, 0.2) is 5.78 Å².